The van der Waals surface area contributed by atoms with Gasteiger partial charge in [0.2, 0.25) is 10.0 Å². The zero-order chi connectivity index (χ0) is 22.0. The molecule has 1 aliphatic heterocycles. The average molecular weight is 439 g/mol. The van der Waals surface area contributed by atoms with Gasteiger partial charge in [-0.25, -0.2) is 13.4 Å². The first-order valence-electron chi connectivity index (χ1n) is 10.4. The Morgan fingerprint density at radius 2 is 1.71 bits per heavy atom. The molecule has 31 heavy (non-hydrogen) atoms. The molecule has 0 unspecified atom stereocenters. The molecule has 1 aliphatic rings. The van der Waals surface area contributed by atoms with Gasteiger partial charge in [0.25, 0.3) is 5.91 Å². The van der Waals surface area contributed by atoms with E-state index in [1.54, 1.807) is 6.92 Å². The minimum Gasteiger partial charge on any atom is -0.344 e. The molecule has 1 atom stereocenters. The molecule has 1 N–H and O–H groups in total. The minimum atomic E-state index is -3.37. The highest BCUT2D eigenvalue weighted by atomic mass is 32.2. The van der Waals surface area contributed by atoms with Crippen molar-refractivity contribution >= 4 is 15.9 Å². The second-order valence-corrected chi connectivity index (χ2v) is 9.85. The summed E-state index contributed by atoms with van der Waals surface area (Å²) in [5, 5.41) is 3.01. The summed E-state index contributed by atoms with van der Waals surface area (Å²) in [6.45, 7) is 4.50. The quantitative estimate of drug-likeness (QED) is 0.641. The molecule has 0 bridgehead atoms. The van der Waals surface area contributed by atoms with Crippen molar-refractivity contribution in [3.8, 4) is 11.4 Å². The van der Waals surface area contributed by atoms with Crippen LogP contribution in [0.25, 0.3) is 11.4 Å². The molecule has 0 aliphatic carbocycles. The molecule has 0 radical (unpaired) electrons. The third kappa shape index (κ3) is 4.26. The monoisotopic (exact) mass is 438 g/mol. The van der Waals surface area contributed by atoms with E-state index in [9.17, 15) is 13.2 Å². The van der Waals surface area contributed by atoms with E-state index in [4.69, 9.17) is 0 Å². The van der Waals surface area contributed by atoms with Crippen LogP contribution in [-0.4, -0.2) is 40.5 Å². The molecule has 2 heterocycles. The second kappa shape index (κ2) is 8.64. The number of rotatable bonds is 6. The van der Waals surface area contributed by atoms with Gasteiger partial charge in [-0.1, -0.05) is 60.7 Å². The zero-order valence-electron chi connectivity index (χ0n) is 17.7. The molecule has 0 saturated carbocycles. The standard InChI is InChI=1S/C23H26N4O3S/c1-3-31(29,30)26-14-15-27-20(16-26)21(25-22(27)19-12-8-5-9-13-19)23(28)24-17(2)18-10-6-4-7-11-18/h4-13,17H,3,14-16H2,1-2H3,(H,24,28)/t17-/m0/s1. The third-order valence-electron chi connectivity index (χ3n) is 5.62. The molecule has 0 spiro atoms. The van der Waals surface area contributed by atoms with E-state index in [-0.39, 0.29) is 29.9 Å². The topological polar surface area (TPSA) is 84.3 Å². The third-order valence-corrected chi connectivity index (χ3v) is 7.45. The molecule has 1 amide bonds. The molecular formula is C23H26N4O3S. The highest BCUT2D eigenvalue weighted by Crippen LogP contribution is 2.28. The molecule has 4 rings (SSSR count). The summed E-state index contributed by atoms with van der Waals surface area (Å²) in [7, 11) is -3.37. The zero-order valence-corrected chi connectivity index (χ0v) is 18.5. The van der Waals surface area contributed by atoms with Crippen LogP contribution in [0, 0.1) is 0 Å². The van der Waals surface area contributed by atoms with Gasteiger partial charge in [-0.3, -0.25) is 4.79 Å². The first-order chi connectivity index (χ1) is 14.9. The number of nitrogens with one attached hydrogen (secondary N) is 1. The Labute approximate surface area is 182 Å². The normalized spacial score (nSPS) is 15.3. The number of hydrogen-bond donors (Lipinski definition) is 1. The highest BCUT2D eigenvalue weighted by molar-refractivity contribution is 7.89. The summed E-state index contributed by atoms with van der Waals surface area (Å²) in [4.78, 5) is 17.9. The molecule has 7 nitrogen and oxygen atoms in total. The summed E-state index contributed by atoms with van der Waals surface area (Å²) < 4.78 is 28.4. The minimum absolute atomic E-state index is 0.0270. The Morgan fingerprint density at radius 3 is 2.35 bits per heavy atom. The highest BCUT2D eigenvalue weighted by Gasteiger charge is 2.32. The van der Waals surface area contributed by atoms with Crippen LogP contribution in [0.5, 0.6) is 0 Å². The first kappa shape index (κ1) is 21.3. The molecule has 0 saturated heterocycles. The lowest BCUT2D eigenvalue weighted by atomic mass is 10.1. The van der Waals surface area contributed by atoms with Gasteiger partial charge in [0, 0.05) is 18.7 Å². The average Bonchev–Trinajstić information content (AvgIpc) is 3.19. The number of amides is 1. The summed E-state index contributed by atoms with van der Waals surface area (Å²) >= 11 is 0. The van der Waals surface area contributed by atoms with Crippen LogP contribution >= 0.6 is 0 Å². The van der Waals surface area contributed by atoms with Crippen LogP contribution in [0.15, 0.2) is 60.7 Å². The maximum Gasteiger partial charge on any atom is 0.272 e. The number of fused-ring (bicyclic) bond motifs is 1. The van der Waals surface area contributed by atoms with Gasteiger partial charge in [0.1, 0.15) is 5.82 Å². The number of nitrogens with zero attached hydrogens (tertiary/aromatic N) is 3. The van der Waals surface area contributed by atoms with E-state index in [1.807, 2.05) is 72.2 Å². The molecule has 2 aromatic carbocycles. The van der Waals surface area contributed by atoms with Gasteiger partial charge in [-0.15, -0.1) is 0 Å². The van der Waals surface area contributed by atoms with Crippen LogP contribution in [0.3, 0.4) is 0 Å². The van der Waals surface area contributed by atoms with E-state index >= 15 is 0 Å². The van der Waals surface area contributed by atoms with E-state index < -0.39 is 10.0 Å². The van der Waals surface area contributed by atoms with Crippen LogP contribution in [0.4, 0.5) is 0 Å². The number of imidazole rings is 1. The fourth-order valence-electron chi connectivity index (χ4n) is 3.84. The summed E-state index contributed by atoms with van der Waals surface area (Å²) in [5.74, 6) is 0.402. The van der Waals surface area contributed by atoms with Crippen molar-refractivity contribution in [2.24, 2.45) is 0 Å². The fraction of sp³-hybridized carbons (Fsp3) is 0.304. The Morgan fingerprint density at radius 1 is 1.06 bits per heavy atom. The number of aromatic nitrogens is 2. The number of benzene rings is 2. The van der Waals surface area contributed by atoms with Crippen molar-refractivity contribution < 1.29 is 13.2 Å². The number of hydrogen-bond acceptors (Lipinski definition) is 4. The second-order valence-electron chi connectivity index (χ2n) is 7.59. The van der Waals surface area contributed by atoms with Crippen molar-refractivity contribution in [2.45, 2.75) is 33.0 Å². The molecule has 1 aromatic heterocycles. The van der Waals surface area contributed by atoms with E-state index in [0.29, 0.717) is 24.6 Å². The Balaban J connectivity index is 1.72. The fourth-order valence-corrected chi connectivity index (χ4v) is 4.89. The summed E-state index contributed by atoms with van der Waals surface area (Å²) in [6.07, 6.45) is 0. The SMILES string of the molecule is CCS(=O)(=O)N1CCn2c(-c3ccccc3)nc(C(=O)N[C@@H](C)c3ccccc3)c2C1. The lowest BCUT2D eigenvalue weighted by molar-refractivity contribution is 0.0933. The van der Waals surface area contributed by atoms with Gasteiger partial charge in [0.05, 0.1) is 24.0 Å². The van der Waals surface area contributed by atoms with Crippen molar-refractivity contribution in [3.63, 3.8) is 0 Å². The van der Waals surface area contributed by atoms with E-state index in [2.05, 4.69) is 10.3 Å². The van der Waals surface area contributed by atoms with Crippen LogP contribution in [0.1, 0.15) is 41.6 Å². The van der Waals surface area contributed by atoms with E-state index in [0.717, 1.165) is 11.1 Å². The molecule has 162 valence electrons. The van der Waals surface area contributed by atoms with Gasteiger partial charge in [0.15, 0.2) is 5.69 Å². The maximum atomic E-state index is 13.2. The van der Waals surface area contributed by atoms with Gasteiger partial charge in [-0.05, 0) is 19.4 Å². The Bertz CT molecular complexity index is 1170. The number of carbonyl (C=O) groups excluding carboxylic acids is 1. The number of sulfonamides is 1. The summed E-state index contributed by atoms with van der Waals surface area (Å²) in [5.41, 5.74) is 2.78. The predicted molar refractivity (Wildman–Crippen MR) is 120 cm³/mol. The maximum absolute atomic E-state index is 13.2. The Hall–Kier alpha value is -2.97. The molecule has 3 aromatic rings. The molecular weight excluding hydrogens is 412 g/mol. The van der Waals surface area contributed by atoms with Crippen molar-refractivity contribution in [1.29, 1.82) is 0 Å². The number of carbonyl (C=O) groups is 1. The lowest BCUT2D eigenvalue weighted by Gasteiger charge is -2.28. The van der Waals surface area contributed by atoms with Crippen LogP contribution < -0.4 is 5.32 Å². The summed E-state index contributed by atoms with van der Waals surface area (Å²) in [6, 6.07) is 19.2. The van der Waals surface area contributed by atoms with Crippen molar-refractivity contribution in [3.05, 3.63) is 77.6 Å². The van der Waals surface area contributed by atoms with E-state index in [1.165, 1.54) is 4.31 Å². The molecule has 8 heteroatoms. The van der Waals surface area contributed by atoms with Crippen molar-refractivity contribution in [2.75, 3.05) is 12.3 Å². The van der Waals surface area contributed by atoms with Gasteiger partial charge in [-0.2, -0.15) is 4.31 Å². The molecule has 0 fully saturated rings. The largest absolute Gasteiger partial charge is 0.344 e. The smallest absolute Gasteiger partial charge is 0.272 e. The predicted octanol–water partition coefficient (Wildman–Crippen LogP) is 3.21. The van der Waals surface area contributed by atoms with Crippen LogP contribution in [0.2, 0.25) is 0 Å². The van der Waals surface area contributed by atoms with Crippen LogP contribution in [-0.2, 0) is 23.1 Å². The van der Waals surface area contributed by atoms with Gasteiger partial charge < -0.3 is 9.88 Å². The lowest BCUT2D eigenvalue weighted by Crippen LogP contribution is -2.40. The van der Waals surface area contributed by atoms with Gasteiger partial charge >= 0.3 is 0 Å². The Kier molecular flexibility index (Phi) is 5.93. The first-order valence-corrected chi connectivity index (χ1v) is 12.0. The van der Waals surface area contributed by atoms with Crippen molar-refractivity contribution in [1.82, 2.24) is 19.2 Å².